The molecule has 2 amide bonds. The number of benzene rings is 1. The third kappa shape index (κ3) is 8.76. The number of hydrogen-bond donors (Lipinski definition) is 3. The summed E-state index contributed by atoms with van der Waals surface area (Å²) < 4.78 is 41.9. The lowest BCUT2D eigenvalue weighted by Gasteiger charge is -2.16. The van der Waals surface area contributed by atoms with Crippen molar-refractivity contribution in [2.45, 2.75) is 33.0 Å². The molecule has 0 atom stereocenters. The Morgan fingerprint density at radius 3 is 2.57 bits per heavy atom. The molecule has 0 radical (unpaired) electrons. The van der Waals surface area contributed by atoms with Crippen LogP contribution in [0.4, 0.5) is 24.7 Å². The molecule has 0 saturated carbocycles. The van der Waals surface area contributed by atoms with E-state index in [0.717, 1.165) is 6.08 Å². The molecule has 1 heterocycles. The number of amides is 2. The van der Waals surface area contributed by atoms with Gasteiger partial charge in [0, 0.05) is 23.3 Å². The Balaban J connectivity index is 2.50. The van der Waals surface area contributed by atoms with E-state index in [1.165, 1.54) is 30.5 Å². The number of nitrogens with two attached hydrogens (primary N) is 1. The zero-order chi connectivity index (χ0) is 26.3. The molecule has 0 saturated heterocycles. The minimum atomic E-state index is -4.65. The Morgan fingerprint density at radius 2 is 1.97 bits per heavy atom. The van der Waals surface area contributed by atoms with Crippen LogP contribution in [-0.4, -0.2) is 41.3 Å². The van der Waals surface area contributed by atoms with Crippen molar-refractivity contribution in [1.82, 2.24) is 10.3 Å². The highest BCUT2D eigenvalue weighted by Crippen LogP contribution is 2.27. The smallest absolute Gasteiger partial charge is 0.422 e. The highest BCUT2D eigenvalue weighted by molar-refractivity contribution is 6.48. The number of aryl methyl sites for hydroxylation is 1. The van der Waals surface area contributed by atoms with E-state index in [4.69, 9.17) is 28.9 Å². The van der Waals surface area contributed by atoms with E-state index in [2.05, 4.69) is 25.3 Å². The molecule has 0 aliphatic carbocycles. The highest BCUT2D eigenvalue weighted by atomic mass is 35.5. The Bertz CT molecular complexity index is 1170. The molecule has 188 valence electrons. The number of aromatic nitrogens is 1. The third-order valence-electron chi connectivity index (χ3n) is 4.08. The minimum absolute atomic E-state index is 0.0672. The predicted octanol–water partition coefficient (Wildman–Crippen LogP) is 4.93. The van der Waals surface area contributed by atoms with Crippen molar-refractivity contribution in [3.8, 4) is 0 Å². The summed E-state index contributed by atoms with van der Waals surface area (Å²) in [5.74, 6) is -2.25. The molecular weight excluding hydrogens is 510 g/mol. The molecule has 4 N–H and O–H groups in total. The van der Waals surface area contributed by atoms with Crippen LogP contribution in [0.25, 0.3) is 0 Å². The van der Waals surface area contributed by atoms with Crippen LogP contribution in [0.15, 0.2) is 47.4 Å². The van der Waals surface area contributed by atoms with E-state index < -0.39 is 36.2 Å². The van der Waals surface area contributed by atoms with E-state index in [1.54, 1.807) is 20.8 Å². The Hall–Kier alpha value is -3.31. The lowest BCUT2D eigenvalue weighted by Crippen LogP contribution is -2.32. The summed E-state index contributed by atoms with van der Waals surface area (Å²) in [7, 11) is 0. The van der Waals surface area contributed by atoms with Crippen molar-refractivity contribution in [2.75, 3.05) is 11.9 Å². The number of nitrogens with one attached hydrogen (secondary N) is 2. The molecule has 0 aliphatic heterocycles. The van der Waals surface area contributed by atoms with Crippen LogP contribution in [0.3, 0.4) is 0 Å². The lowest BCUT2D eigenvalue weighted by atomic mass is 10.1. The largest absolute Gasteiger partial charge is 0.470 e. The molecular formula is C22H22Cl2F3N5O3. The van der Waals surface area contributed by atoms with Crippen LogP contribution in [0, 0.1) is 6.92 Å². The number of carbonyl (C=O) groups excluding carboxylic acids is 2. The number of hydrogen-bond acceptors (Lipinski definition) is 6. The zero-order valence-electron chi connectivity index (χ0n) is 18.8. The quantitative estimate of drug-likeness (QED) is 0.329. The summed E-state index contributed by atoms with van der Waals surface area (Å²) in [6, 6.07) is 5.65. The van der Waals surface area contributed by atoms with Gasteiger partial charge in [-0.15, -0.1) is 0 Å². The Kier molecular flexibility index (Phi) is 9.49. The molecule has 0 spiro atoms. The average Bonchev–Trinajstić information content (AvgIpc) is 2.73. The Labute approximate surface area is 209 Å². The Morgan fingerprint density at radius 1 is 1.29 bits per heavy atom. The fraction of sp³-hybridized carbons (Fsp3) is 0.273. The number of ether oxygens (including phenoxy) is 1. The fourth-order valence-electron chi connectivity index (χ4n) is 2.67. The van der Waals surface area contributed by atoms with E-state index in [-0.39, 0.29) is 33.2 Å². The zero-order valence-corrected chi connectivity index (χ0v) is 20.3. The number of anilines is 1. The number of rotatable bonds is 8. The monoisotopic (exact) mass is 531 g/mol. The molecule has 1 aromatic heterocycles. The van der Waals surface area contributed by atoms with Crippen LogP contribution in [0.2, 0.25) is 10.0 Å². The van der Waals surface area contributed by atoms with Crippen molar-refractivity contribution in [2.24, 2.45) is 10.7 Å². The standard InChI is InChI=1S/C22H22Cl2F3N5O3/c1-11(2)30-20(33)14-8-13(23)7-12(3)18(14)32-21(34)16(9-17(28)35-10-22(25,26)27)31-19-15(24)5-4-6-29-19/h4-9,11H,10,28H2,1-3H3,(H,30,33)(H,32,34). The van der Waals surface area contributed by atoms with Crippen LogP contribution in [0.1, 0.15) is 29.8 Å². The van der Waals surface area contributed by atoms with Crippen molar-refractivity contribution in [1.29, 1.82) is 0 Å². The molecule has 0 fully saturated rings. The second kappa shape index (κ2) is 11.9. The highest BCUT2D eigenvalue weighted by Gasteiger charge is 2.29. The van der Waals surface area contributed by atoms with Gasteiger partial charge in [0.15, 0.2) is 18.3 Å². The number of nitrogens with zero attached hydrogens (tertiary/aromatic N) is 2. The second-order valence-electron chi connectivity index (χ2n) is 7.48. The first-order chi connectivity index (χ1) is 16.3. The average molecular weight is 532 g/mol. The van der Waals surface area contributed by atoms with Gasteiger partial charge in [-0.2, -0.15) is 13.2 Å². The predicted molar refractivity (Wildman–Crippen MR) is 128 cm³/mol. The van der Waals surface area contributed by atoms with Crippen LogP contribution in [0.5, 0.6) is 0 Å². The van der Waals surface area contributed by atoms with Crippen molar-refractivity contribution in [3.05, 3.63) is 63.6 Å². The molecule has 2 aromatic rings. The minimum Gasteiger partial charge on any atom is -0.470 e. The van der Waals surface area contributed by atoms with Crippen LogP contribution >= 0.6 is 23.2 Å². The van der Waals surface area contributed by atoms with Crippen molar-refractivity contribution >= 4 is 52.2 Å². The van der Waals surface area contributed by atoms with Gasteiger partial charge in [-0.25, -0.2) is 9.98 Å². The summed E-state index contributed by atoms with van der Waals surface area (Å²) in [5.41, 5.74) is 5.68. The van der Waals surface area contributed by atoms with Crippen molar-refractivity contribution < 1.29 is 27.5 Å². The van der Waals surface area contributed by atoms with Gasteiger partial charge in [0.05, 0.1) is 16.3 Å². The molecule has 0 bridgehead atoms. The van der Waals surface area contributed by atoms with E-state index in [0.29, 0.717) is 5.56 Å². The summed E-state index contributed by atoms with van der Waals surface area (Å²) in [5, 5.41) is 5.57. The van der Waals surface area contributed by atoms with Crippen LogP contribution in [-0.2, 0) is 9.53 Å². The van der Waals surface area contributed by atoms with Gasteiger partial charge in [-0.3, -0.25) is 9.59 Å². The molecule has 0 unspecified atom stereocenters. The first-order valence-electron chi connectivity index (χ1n) is 10.0. The number of carbonyl (C=O) groups is 2. The van der Waals surface area contributed by atoms with Gasteiger partial charge in [0.25, 0.3) is 11.8 Å². The summed E-state index contributed by atoms with van der Waals surface area (Å²) in [6.45, 7) is 3.44. The van der Waals surface area contributed by atoms with E-state index in [1.807, 2.05) is 0 Å². The van der Waals surface area contributed by atoms with Gasteiger partial charge in [-0.1, -0.05) is 23.2 Å². The molecule has 2 rings (SSSR count). The summed E-state index contributed by atoms with van der Waals surface area (Å²) in [6.07, 6.45) is -2.50. The summed E-state index contributed by atoms with van der Waals surface area (Å²) >= 11 is 12.1. The number of aliphatic imine (C=N–C) groups is 1. The number of pyridine rings is 1. The van der Waals surface area contributed by atoms with Gasteiger partial charge in [0.1, 0.15) is 5.71 Å². The van der Waals surface area contributed by atoms with Gasteiger partial charge in [0.2, 0.25) is 0 Å². The van der Waals surface area contributed by atoms with Gasteiger partial charge >= 0.3 is 6.18 Å². The maximum absolute atomic E-state index is 13.1. The second-order valence-corrected chi connectivity index (χ2v) is 8.33. The van der Waals surface area contributed by atoms with E-state index in [9.17, 15) is 22.8 Å². The topological polar surface area (TPSA) is 119 Å². The number of alkyl halides is 3. The third-order valence-corrected chi connectivity index (χ3v) is 4.60. The number of halogens is 5. The lowest BCUT2D eigenvalue weighted by molar-refractivity contribution is -0.165. The molecule has 0 aliphatic rings. The van der Waals surface area contributed by atoms with Crippen molar-refractivity contribution in [3.63, 3.8) is 0 Å². The normalized spacial score (nSPS) is 12.5. The van der Waals surface area contributed by atoms with Gasteiger partial charge in [-0.05, 0) is 50.6 Å². The van der Waals surface area contributed by atoms with Crippen LogP contribution < -0.4 is 16.4 Å². The molecule has 13 heteroatoms. The molecule has 1 aromatic carbocycles. The molecule has 8 nitrogen and oxygen atoms in total. The SMILES string of the molecule is Cc1cc(Cl)cc(C(=O)NC(C)C)c1NC(=O)C(C=C(N)OCC(F)(F)F)=Nc1ncccc1Cl. The first-order valence-corrected chi connectivity index (χ1v) is 10.8. The fourth-order valence-corrected chi connectivity index (χ4v) is 3.11. The van der Waals surface area contributed by atoms with Gasteiger partial charge < -0.3 is 21.1 Å². The van der Waals surface area contributed by atoms with E-state index >= 15 is 0 Å². The molecule has 35 heavy (non-hydrogen) atoms. The first kappa shape index (κ1) is 27.9. The summed E-state index contributed by atoms with van der Waals surface area (Å²) in [4.78, 5) is 33.8. The maximum Gasteiger partial charge on any atom is 0.422 e. The maximum atomic E-state index is 13.1.